The first kappa shape index (κ1) is 24.9. The molecule has 5 N–H and O–H groups in total. The molecule has 1 aliphatic rings. The molecule has 0 saturated carbocycles. The van der Waals surface area contributed by atoms with Crippen LogP contribution >= 0.6 is 0 Å². The number of piperazine rings is 1. The fourth-order valence-electron chi connectivity index (χ4n) is 4.21. The number of primary sulfonamides is 1. The fraction of sp³-hybridized carbons (Fsp3) is 0.360. The van der Waals surface area contributed by atoms with Gasteiger partial charge in [-0.2, -0.15) is 4.98 Å². The van der Waals surface area contributed by atoms with E-state index in [-0.39, 0.29) is 4.90 Å². The molecule has 0 spiro atoms. The van der Waals surface area contributed by atoms with Gasteiger partial charge < -0.3 is 20.9 Å². The summed E-state index contributed by atoms with van der Waals surface area (Å²) in [7, 11) is -3.89. The molecule has 0 aliphatic carbocycles. The third-order valence-corrected chi connectivity index (χ3v) is 6.87. The van der Waals surface area contributed by atoms with Crippen molar-refractivity contribution in [3.8, 4) is 0 Å². The van der Waals surface area contributed by atoms with Crippen molar-refractivity contribution in [1.29, 1.82) is 0 Å². The van der Waals surface area contributed by atoms with Crippen LogP contribution in [0.1, 0.15) is 31.9 Å². The average Bonchev–Trinajstić information content (AvgIpc) is 2.81. The Morgan fingerprint density at radius 2 is 1.71 bits per heavy atom. The van der Waals surface area contributed by atoms with Gasteiger partial charge in [-0.25, -0.2) is 18.5 Å². The van der Waals surface area contributed by atoms with Crippen LogP contribution in [0.5, 0.6) is 0 Å². The molecule has 0 bridgehead atoms. The number of rotatable bonds is 6. The molecule has 1 aromatic heterocycles. The minimum atomic E-state index is -3.89. The van der Waals surface area contributed by atoms with Crippen molar-refractivity contribution >= 4 is 38.9 Å². The Bertz CT molecular complexity index is 1300. The van der Waals surface area contributed by atoms with Crippen LogP contribution < -0.4 is 26.0 Å². The molecule has 2 heterocycles. The predicted molar refractivity (Wildman–Crippen MR) is 141 cm³/mol. The van der Waals surface area contributed by atoms with E-state index in [0.717, 1.165) is 37.4 Å². The van der Waals surface area contributed by atoms with Crippen molar-refractivity contribution < 1.29 is 8.42 Å². The van der Waals surface area contributed by atoms with Gasteiger partial charge in [0.2, 0.25) is 16.0 Å². The van der Waals surface area contributed by atoms with Crippen LogP contribution in [0.15, 0.2) is 53.6 Å². The highest BCUT2D eigenvalue weighted by Crippen LogP contribution is 2.36. The first-order chi connectivity index (χ1) is 16.5. The zero-order valence-corrected chi connectivity index (χ0v) is 21.4. The van der Waals surface area contributed by atoms with Crippen molar-refractivity contribution in [3.05, 3.63) is 59.8 Å². The van der Waals surface area contributed by atoms with Crippen molar-refractivity contribution in [2.45, 2.75) is 38.0 Å². The van der Waals surface area contributed by atoms with E-state index in [1.54, 1.807) is 12.3 Å². The monoisotopic (exact) mass is 495 g/mol. The normalized spacial score (nSPS) is 14.6. The van der Waals surface area contributed by atoms with Gasteiger partial charge in [0, 0.05) is 60.6 Å². The zero-order valence-electron chi connectivity index (χ0n) is 20.6. The summed E-state index contributed by atoms with van der Waals surface area (Å²) in [4.78, 5) is 11.5. The molecule has 10 heteroatoms. The molecular weight excluding hydrogens is 462 g/mol. The molecule has 186 valence electrons. The van der Waals surface area contributed by atoms with Gasteiger partial charge in [0.15, 0.2) is 0 Å². The number of nitrogens with one attached hydrogen (secondary N) is 3. The summed E-state index contributed by atoms with van der Waals surface area (Å²) in [6, 6.07) is 13.3. The molecule has 35 heavy (non-hydrogen) atoms. The van der Waals surface area contributed by atoms with E-state index in [1.807, 2.05) is 45.9 Å². The molecule has 0 atom stereocenters. The maximum atomic E-state index is 12.3. The maximum Gasteiger partial charge on any atom is 0.238 e. The lowest BCUT2D eigenvalue weighted by molar-refractivity contribution is 0.563. The number of hydrogen-bond acceptors (Lipinski definition) is 8. The van der Waals surface area contributed by atoms with E-state index in [4.69, 9.17) is 5.14 Å². The lowest BCUT2D eigenvalue weighted by Crippen LogP contribution is -2.43. The van der Waals surface area contributed by atoms with Gasteiger partial charge in [0.05, 0.1) is 4.90 Å². The van der Waals surface area contributed by atoms with Crippen LogP contribution in [0.3, 0.4) is 0 Å². The van der Waals surface area contributed by atoms with Crippen molar-refractivity contribution in [3.63, 3.8) is 0 Å². The van der Waals surface area contributed by atoms with Gasteiger partial charge in [-0.1, -0.05) is 26.8 Å². The van der Waals surface area contributed by atoms with Crippen molar-refractivity contribution in [2.24, 2.45) is 5.14 Å². The highest BCUT2D eigenvalue weighted by atomic mass is 32.2. The molecule has 2 aromatic carbocycles. The van der Waals surface area contributed by atoms with E-state index in [1.165, 1.54) is 11.8 Å². The van der Waals surface area contributed by atoms with Crippen LogP contribution in [0.2, 0.25) is 0 Å². The van der Waals surface area contributed by atoms with E-state index in [2.05, 4.69) is 43.0 Å². The Labute approximate surface area is 207 Å². The summed E-state index contributed by atoms with van der Waals surface area (Å²) in [5, 5.41) is 15.5. The van der Waals surface area contributed by atoms with Crippen LogP contribution in [0, 0.1) is 6.92 Å². The third-order valence-electron chi connectivity index (χ3n) is 5.91. The molecule has 1 aliphatic heterocycles. The van der Waals surface area contributed by atoms with E-state index in [9.17, 15) is 8.42 Å². The van der Waals surface area contributed by atoms with Crippen LogP contribution in [-0.2, 0) is 15.4 Å². The minimum absolute atomic E-state index is 0.102. The molecule has 4 rings (SSSR count). The Hall–Kier alpha value is -3.21. The van der Waals surface area contributed by atoms with Crippen molar-refractivity contribution in [1.82, 2.24) is 15.3 Å². The summed E-state index contributed by atoms with van der Waals surface area (Å²) >= 11 is 0. The van der Waals surface area contributed by atoms with Crippen LogP contribution in [-0.4, -0.2) is 44.6 Å². The predicted octanol–water partition coefficient (Wildman–Crippen LogP) is 3.63. The number of benzene rings is 2. The standard InChI is InChI=1S/C25H33N7O2S/c1-17-16-28-24(29-18-8-10-19(11-9-18)32-14-12-27-13-15-32)31-23(17)30-20-6-5-7-21(35(26,33)34)22(20)25(2,3)4/h5-11,16,27H,12-15H2,1-4H3,(H2,26,33,34)(H2,28,29,30,31). The second-order valence-electron chi connectivity index (χ2n) is 9.73. The maximum absolute atomic E-state index is 12.3. The van der Waals surface area contributed by atoms with Crippen LogP contribution in [0.4, 0.5) is 28.8 Å². The number of aromatic nitrogens is 2. The van der Waals surface area contributed by atoms with Crippen LogP contribution in [0.25, 0.3) is 0 Å². The Morgan fingerprint density at radius 1 is 1.03 bits per heavy atom. The fourth-order valence-corrected chi connectivity index (χ4v) is 5.18. The summed E-state index contributed by atoms with van der Waals surface area (Å²) < 4.78 is 24.5. The number of nitrogens with two attached hydrogens (primary N) is 1. The van der Waals surface area contributed by atoms with Gasteiger partial charge >= 0.3 is 0 Å². The van der Waals surface area contributed by atoms with Gasteiger partial charge in [0.1, 0.15) is 5.82 Å². The Kier molecular flexibility index (Phi) is 6.98. The van der Waals surface area contributed by atoms with E-state index >= 15 is 0 Å². The quantitative estimate of drug-likeness (QED) is 0.409. The summed E-state index contributed by atoms with van der Waals surface area (Å²) in [6.07, 6.45) is 1.73. The molecule has 1 fully saturated rings. The number of sulfonamides is 1. The number of aryl methyl sites for hydroxylation is 1. The Morgan fingerprint density at radius 3 is 2.34 bits per heavy atom. The second kappa shape index (κ2) is 9.80. The van der Waals surface area contributed by atoms with Gasteiger partial charge in [-0.05, 0) is 48.7 Å². The van der Waals surface area contributed by atoms with Crippen molar-refractivity contribution in [2.75, 3.05) is 41.7 Å². The molecule has 0 radical (unpaired) electrons. The average molecular weight is 496 g/mol. The SMILES string of the molecule is Cc1cnc(Nc2ccc(N3CCNCC3)cc2)nc1Nc1cccc(S(N)(=O)=O)c1C(C)(C)C. The Balaban J connectivity index is 1.59. The highest BCUT2D eigenvalue weighted by Gasteiger charge is 2.27. The highest BCUT2D eigenvalue weighted by molar-refractivity contribution is 7.89. The first-order valence-electron chi connectivity index (χ1n) is 11.6. The van der Waals surface area contributed by atoms with Gasteiger partial charge in [-0.15, -0.1) is 0 Å². The lowest BCUT2D eigenvalue weighted by Gasteiger charge is -2.29. The summed E-state index contributed by atoms with van der Waals surface area (Å²) in [6.45, 7) is 11.7. The number of hydrogen-bond donors (Lipinski definition) is 4. The smallest absolute Gasteiger partial charge is 0.238 e. The largest absolute Gasteiger partial charge is 0.369 e. The number of nitrogens with zero attached hydrogens (tertiary/aromatic N) is 3. The summed E-state index contributed by atoms with van der Waals surface area (Å²) in [5.74, 6) is 1.02. The summed E-state index contributed by atoms with van der Waals surface area (Å²) in [5.41, 5.74) is 3.67. The van der Waals surface area contributed by atoms with Gasteiger partial charge in [-0.3, -0.25) is 0 Å². The molecule has 9 nitrogen and oxygen atoms in total. The van der Waals surface area contributed by atoms with E-state index in [0.29, 0.717) is 23.0 Å². The second-order valence-corrected chi connectivity index (χ2v) is 11.3. The minimum Gasteiger partial charge on any atom is -0.369 e. The molecule has 0 amide bonds. The molecule has 1 saturated heterocycles. The zero-order chi connectivity index (χ0) is 25.2. The topological polar surface area (TPSA) is 125 Å². The molecular formula is C25H33N7O2S. The molecule has 0 unspecified atom stereocenters. The van der Waals surface area contributed by atoms with Gasteiger partial charge in [0.25, 0.3) is 0 Å². The number of anilines is 5. The lowest BCUT2D eigenvalue weighted by atomic mass is 9.85. The third kappa shape index (κ3) is 5.90. The van der Waals surface area contributed by atoms with E-state index < -0.39 is 15.4 Å². The first-order valence-corrected chi connectivity index (χ1v) is 13.2. The molecule has 3 aromatic rings.